The summed E-state index contributed by atoms with van der Waals surface area (Å²) in [6, 6.07) is 1.86. The van der Waals surface area contributed by atoms with E-state index in [4.69, 9.17) is 0 Å². The van der Waals surface area contributed by atoms with Gasteiger partial charge in [-0.25, -0.2) is 4.98 Å². The molecule has 21 heavy (non-hydrogen) atoms. The van der Waals surface area contributed by atoms with Crippen molar-refractivity contribution >= 4 is 27.5 Å². The minimum atomic E-state index is -0.0881. The molecule has 1 saturated carbocycles. The Hall–Kier alpha value is -1.69. The molecule has 2 aliphatic rings. The van der Waals surface area contributed by atoms with Crippen LogP contribution in [0.25, 0.3) is 10.2 Å². The molecule has 1 amide bonds. The van der Waals surface area contributed by atoms with Crippen LogP contribution in [0.3, 0.4) is 0 Å². The zero-order valence-corrected chi connectivity index (χ0v) is 12.5. The Morgan fingerprint density at radius 1 is 1.38 bits per heavy atom. The van der Waals surface area contributed by atoms with Gasteiger partial charge in [0.25, 0.3) is 5.56 Å². The lowest BCUT2D eigenvalue weighted by Gasteiger charge is -2.30. The van der Waals surface area contributed by atoms with E-state index < -0.39 is 0 Å². The van der Waals surface area contributed by atoms with Crippen LogP contribution >= 0.6 is 11.3 Å². The van der Waals surface area contributed by atoms with Crippen LogP contribution in [0.15, 0.2) is 16.2 Å². The van der Waals surface area contributed by atoms with E-state index in [9.17, 15) is 9.59 Å². The number of amides is 1. The number of hydrogen-bond acceptors (Lipinski definition) is 4. The van der Waals surface area contributed by atoms with Gasteiger partial charge in [0.1, 0.15) is 10.5 Å². The van der Waals surface area contributed by atoms with E-state index in [1.165, 1.54) is 30.6 Å². The number of rotatable bonds is 3. The summed E-state index contributed by atoms with van der Waals surface area (Å²) in [7, 11) is 0. The highest BCUT2D eigenvalue weighted by molar-refractivity contribution is 7.17. The van der Waals surface area contributed by atoms with Gasteiger partial charge in [0.05, 0.1) is 5.52 Å². The van der Waals surface area contributed by atoms with E-state index >= 15 is 0 Å². The third-order valence-corrected chi connectivity index (χ3v) is 5.54. The molecule has 1 unspecified atom stereocenters. The van der Waals surface area contributed by atoms with Crippen molar-refractivity contribution in [3.63, 3.8) is 0 Å². The number of carbonyl (C=O) groups is 1. The van der Waals surface area contributed by atoms with Gasteiger partial charge >= 0.3 is 0 Å². The minimum Gasteiger partial charge on any atom is -0.342 e. The molecule has 4 rings (SSSR count). The summed E-state index contributed by atoms with van der Waals surface area (Å²) in [6.07, 6.45) is 4.24. The quantitative estimate of drug-likeness (QED) is 0.944. The van der Waals surface area contributed by atoms with Crippen LogP contribution in [0.5, 0.6) is 0 Å². The molecule has 0 spiro atoms. The molecule has 2 fully saturated rings. The smallest absolute Gasteiger partial charge is 0.268 e. The van der Waals surface area contributed by atoms with Gasteiger partial charge in [0, 0.05) is 25.4 Å². The Balaban J connectivity index is 1.57. The van der Waals surface area contributed by atoms with Gasteiger partial charge in [-0.15, -0.1) is 11.3 Å². The first-order valence-electron chi connectivity index (χ1n) is 7.46. The van der Waals surface area contributed by atoms with Crippen molar-refractivity contribution in [1.82, 2.24) is 14.9 Å². The highest BCUT2D eigenvalue weighted by Crippen LogP contribution is 2.32. The van der Waals surface area contributed by atoms with Crippen molar-refractivity contribution < 1.29 is 4.79 Å². The number of hydrogen-bond donors (Lipinski definition) is 1. The Morgan fingerprint density at radius 2 is 2.24 bits per heavy atom. The predicted molar refractivity (Wildman–Crippen MR) is 81.5 cm³/mol. The van der Waals surface area contributed by atoms with Crippen LogP contribution < -0.4 is 5.56 Å². The van der Waals surface area contributed by atoms with Crippen LogP contribution in [0.1, 0.15) is 37.4 Å². The molecule has 5 nitrogen and oxygen atoms in total. The molecule has 0 aromatic carbocycles. The number of nitrogens with one attached hydrogen (secondary N) is 1. The maximum absolute atomic E-state index is 12.1. The normalized spacial score (nSPS) is 23.0. The number of fused-ring (bicyclic) bond motifs is 1. The fraction of sp³-hybridized carbons (Fsp3) is 0.533. The first kappa shape index (κ1) is 13.0. The highest BCUT2D eigenvalue weighted by Gasteiger charge is 2.34. The first-order valence-corrected chi connectivity index (χ1v) is 8.34. The molecule has 2 aromatic rings. The van der Waals surface area contributed by atoms with Crippen LogP contribution in [0.4, 0.5) is 0 Å². The Labute approximate surface area is 126 Å². The molecule has 1 N–H and O–H groups in total. The monoisotopic (exact) mass is 303 g/mol. The highest BCUT2D eigenvalue weighted by atomic mass is 32.1. The zero-order valence-electron chi connectivity index (χ0n) is 11.7. The molecule has 0 radical (unpaired) electrons. The lowest BCUT2D eigenvalue weighted by atomic mass is 9.85. The fourth-order valence-corrected chi connectivity index (χ4v) is 3.93. The summed E-state index contributed by atoms with van der Waals surface area (Å²) < 4.78 is 0.661. The van der Waals surface area contributed by atoms with Crippen LogP contribution in [-0.2, 0) is 4.79 Å². The van der Waals surface area contributed by atoms with Crippen molar-refractivity contribution in [2.24, 2.45) is 5.92 Å². The standard InChI is InChI=1S/C15H17N3O2S/c19-12-6-10(8-18(12)7-9-2-1-3-9)14-16-11-4-5-21-13(11)15(20)17-14/h4-5,9-10H,1-3,6-8H2,(H,16,17,20). The maximum atomic E-state index is 12.1. The van der Waals surface area contributed by atoms with Crippen LogP contribution in [-0.4, -0.2) is 33.9 Å². The number of nitrogens with zero attached hydrogens (tertiary/aromatic N) is 2. The third kappa shape index (κ3) is 2.27. The largest absolute Gasteiger partial charge is 0.342 e. The van der Waals surface area contributed by atoms with E-state index in [2.05, 4.69) is 9.97 Å². The van der Waals surface area contributed by atoms with Crippen molar-refractivity contribution in [2.45, 2.75) is 31.6 Å². The molecule has 1 atom stereocenters. The van der Waals surface area contributed by atoms with E-state index in [0.29, 0.717) is 29.4 Å². The first-order chi connectivity index (χ1) is 10.2. The van der Waals surface area contributed by atoms with Crippen molar-refractivity contribution in [1.29, 1.82) is 0 Å². The molecule has 1 aliphatic heterocycles. The van der Waals surface area contributed by atoms with E-state index in [1.54, 1.807) is 0 Å². The summed E-state index contributed by atoms with van der Waals surface area (Å²) in [5, 5.41) is 1.87. The molecule has 110 valence electrons. The fourth-order valence-electron chi connectivity index (χ4n) is 3.20. The Kier molecular flexibility index (Phi) is 3.06. The number of thiophene rings is 1. The molecular formula is C15H17N3O2S. The van der Waals surface area contributed by atoms with Crippen LogP contribution in [0, 0.1) is 5.92 Å². The van der Waals surface area contributed by atoms with Gasteiger partial charge in [0.2, 0.25) is 5.91 Å². The molecule has 1 saturated heterocycles. The van der Waals surface area contributed by atoms with Crippen LogP contribution in [0.2, 0.25) is 0 Å². The average Bonchev–Trinajstić information content (AvgIpc) is 3.01. The lowest BCUT2D eigenvalue weighted by molar-refractivity contribution is -0.128. The Bertz CT molecular complexity index is 747. The minimum absolute atomic E-state index is 0.0228. The van der Waals surface area contributed by atoms with Gasteiger partial charge < -0.3 is 9.88 Å². The number of aromatic nitrogens is 2. The van der Waals surface area contributed by atoms with E-state index in [0.717, 1.165) is 12.1 Å². The van der Waals surface area contributed by atoms with Gasteiger partial charge in [-0.3, -0.25) is 9.59 Å². The van der Waals surface area contributed by atoms with E-state index in [1.807, 2.05) is 16.3 Å². The van der Waals surface area contributed by atoms with Crippen molar-refractivity contribution in [3.8, 4) is 0 Å². The molecule has 2 aromatic heterocycles. The summed E-state index contributed by atoms with van der Waals surface area (Å²) in [4.78, 5) is 33.5. The molecule has 0 bridgehead atoms. The van der Waals surface area contributed by atoms with Gasteiger partial charge in [0.15, 0.2) is 0 Å². The maximum Gasteiger partial charge on any atom is 0.268 e. The van der Waals surface area contributed by atoms with Gasteiger partial charge in [-0.05, 0) is 30.2 Å². The topological polar surface area (TPSA) is 66.1 Å². The third-order valence-electron chi connectivity index (χ3n) is 4.64. The number of likely N-dealkylation sites (tertiary alicyclic amines) is 1. The number of aromatic amines is 1. The summed E-state index contributed by atoms with van der Waals surface area (Å²) in [6.45, 7) is 1.56. The SMILES string of the molecule is O=C1CC(c2nc3ccsc3c(=O)[nH]2)CN1CC1CCC1. The zero-order chi connectivity index (χ0) is 14.4. The van der Waals surface area contributed by atoms with E-state index in [-0.39, 0.29) is 17.4 Å². The van der Waals surface area contributed by atoms with Crippen molar-refractivity contribution in [2.75, 3.05) is 13.1 Å². The molecule has 3 heterocycles. The summed E-state index contributed by atoms with van der Waals surface area (Å²) in [5.74, 6) is 1.56. The second-order valence-electron chi connectivity index (χ2n) is 6.08. The lowest BCUT2D eigenvalue weighted by Crippen LogP contribution is -2.33. The Morgan fingerprint density at radius 3 is 3.00 bits per heavy atom. The summed E-state index contributed by atoms with van der Waals surface area (Å²) in [5.41, 5.74) is 0.651. The number of H-pyrrole nitrogens is 1. The predicted octanol–water partition coefficient (Wildman–Crippen LogP) is 2.10. The second-order valence-corrected chi connectivity index (χ2v) is 7.00. The molecule has 6 heteroatoms. The molecule has 1 aliphatic carbocycles. The average molecular weight is 303 g/mol. The van der Waals surface area contributed by atoms with Gasteiger partial charge in [-0.2, -0.15) is 0 Å². The van der Waals surface area contributed by atoms with Gasteiger partial charge in [-0.1, -0.05) is 6.42 Å². The number of carbonyl (C=O) groups excluding carboxylic acids is 1. The summed E-state index contributed by atoms with van der Waals surface area (Å²) >= 11 is 1.40. The molecular weight excluding hydrogens is 286 g/mol. The second kappa shape index (κ2) is 4.94. The van der Waals surface area contributed by atoms with Crippen molar-refractivity contribution in [3.05, 3.63) is 27.6 Å².